The van der Waals surface area contributed by atoms with E-state index in [1.165, 1.54) is 10.7 Å². The van der Waals surface area contributed by atoms with E-state index in [1.54, 1.807) is 36.9 Å². The number of carbonyl (C=O) groups excluding carboxylic acids is 1. The molecule has 0 atom stereocenters. The molecule has 4 aromatic rings. The van der Waals surface area contributed by atoms with Crippen molar-refractivity contribution < 1.29 is 22.7 Å². The van der Waals surface area contributed by atoms with Crippen molar-refractivity contribution in [2.75, 3.05) is 5.32 Å². The second-order valence-corrected chi connectivity index (χ2v) is 7.68. The van der Waals surface area contributed by atoms with E-state index in [9.17, 15) is 18.0 Å². The monoisotopic (exact) mass is 469 g/mol. The highest BCUT2D eigenvalue weighted by Gasteiger charge is 2.30. The van der Waals surface area contributed by atoms with Gasteiger partial charge >= 0.3 is 6.18 Å². The number of aryl methyl sites for hydroxylation is 1. The second kappa shape index (κ2) is 9.42. The zero-order valence-electron chi connectivity index (χ0n) is 18.5. The van der Waals surface area contributed by atoms with Crippen molar-refractivity contribution in [3.05, 3.63) is 95.1 Å². The van der Waals surface area contributed by atoms with Gasteiger partial charge in [0.1, 0.15) is 5.75 Å². The van der Waals surface area contributed by atoms with Crippen LogP contribution < -0.4 is 10.1 Å². The Morgan fingerprint density at radius 2 is 1.79 bits per heavy atom. The number of benzene rings is 2. The van der Waals surface area contributed by atoms with Gasteiger partial charge in [-0.1, -0.05) is 30.3 Å². The predicted molar refractivity (Wildman–Crippen MR) is 119 cm³/mol. The zero-order chi connectivity index (χ0) is 24.3. The number of hydrogen-bond donors (Lipinski definition) is 1. The van der Waals surface area contributed by atoms with Gasteiger partial charge in [-0.3, -0.25) is 9.48 Å². The van der Waals surface area contributed by atoms with Crippen LogP contribution >= 0.6 is 0 Å². The number of anilines is 1. The molecule has 1 N–H and O–H groups in total. The van der Waals surface area contributed by atoms with E-state index in [1.807, 2.05) is 30.3 Å². The molecule has 34 heavy (non-hydrogen) atoms. The van der Waals surface area contributed by atoms with Crippen molar-refractivity contribution in [2.24, 2.45) is 0 Å². The number of halogens is 3. The molecule has 0 spiro atoms. The number of nitrogens with zero attached hydrogens (tertiary/aromatic N) is 4. The summed E-state index contributed by atoms with van der Waals surface area (Å²) in [6.07, 6.45) is -2.78. The van der Waals surface area contributed by atoms with E-state index in [0.717, 1.165) is 12.1 Å². The molecule has 2 aromatic carbocycles. The molecule has 2 aromatic heterocycles. The molecule has 0 aliphatic heterocycles. The Morgan fingerprint density at radius 3 is 2.53 bits per heavy atom. The van der Waals surface area contributed by atoms with Crippen LogP contribution in [0.15, 0.2) is 66.9 Å². The van der Waals surface area contributed by atoms with Crippen LogP contribution in [-0.4, -0.2) is 25.5 Å². The average molecular weight is 469 g/mol. The first kappa shape index (κ1) is 23.1. The van der Waals surface area contributed by atoms with E-state index in [0.29, 0.717) is 28.4 Å². The molecule has 4 rings (SSSR count). The average Bonchev–Trinajstić information content (AvgIpc) is 3.39. The van der Waals surface area contributed by atoms with Crippen molar-refractivity contribution in [1.82, 2.24) is 19.6 Å². The summed E-state index contributed by atoms with van der Waals surface area (Å²) in [4.78, 5) is 12.7. The summed E-state index contributed by atoms with van der Waals surface area (Å²) < 4.78 is 47.7. The van der Waals surface area contributed by atoms with Gasteiger partial charge in [0.05, 0.1) is 29.2 Å². The molecule has 0 fully saturated rings. The van der Waals surface area contributed by atoms with E-state index in [4.69, 9.17) is 4.74 Å². The highest BCUT2D eigenvalue weighted by atomic mass is 19.4. The van der Waals surface area contributed by atoms with Crippen LogP contribution in [0.1, 0.15) is 33.0 Å². The van der Waals surface area contributed by atoms with Gasteiger partial charge in [0.2, 0.25) is 0 Å². The maximum atomic E-state index is 13.0. The lowest BCUT2D eigenvalue weighted by Crippen LogP contribution is -2.15. The van der Waals surface area contributed by atoms with E-state index < -0.39 is 17.6 Å². The number of para-hydroxylation sites is 1. The quantitative estimate of drug-likeness (QED) is 0.411. The maximum absolute atomic E-state index is 13.0. The third-order valence-corrected chi connectivity index (χ3v) is 5.19. The molecule has 2 heterocycles. The number of ether oxygens (including phenoxy) is 1. The molecule has 0 bridgehead atoms. The number of rotatable bonds is 7. The van der Waals surface area contributed by atoms with Crippen LogP contribution in [0.4, 0.5) is 18.9 Å². The van der Waals surface area contributed by atoms with E-state index in [2.05, 4.69) is 15.5 Å². The molecular weight excluding hydrogens is 447 g/mol. The molecule has 7 nitrogen and oxygen atoms in total. The molecule has 0 saturated heterocycles. The Hall–Kier alpha value is -4.08. The molecule has 0 aliphatic rings. The summed E-state index contributed by atoms with van der Waals surface area (Å²) in [7, 11) is 0. The Balaban J connectivity index is 1.44. The first-order chi connectivity index (χ1) is 16.2. The molecular formula is C24H22F3N5O2. The molecule has 176 valence electrons. The highest BCUT2D eigenvalue weighted by molar-refractivity contribution is 6.03. The van der Waals surface area contributed by atoms with E-state index in [-0.39, 0.29) is 19.0 Å². The van der Waals surface area contributed by atoms with Crippen LogP contribution in [0.25, 0.3) is 0 Å². The summed E-state index contributed by atoms with van der Waals surface area (Å²) >= 11 is 0. The van der Waals surface area contributed by atoms with Gasteiger partial charge in [-0.05, 0) is 49.7 Å². The minimum absolute atomic E-state index is 0.137. The zero-order valence-corrected chi connectivity index (χ0v) is 18.5. The number of carbonyl (C=O) groups is 1. The van der Waals surface area contributed by atoms with Gasteiger partial charge < -0.3 is 10.1 Å². The number of nitrogens with one attached hydrogen (secondary N) is 1. The molecule has 0 unspecified atom stereocenters. The number of alkyl halides is 3. The largest absolute Gasteiger partial charge is 0.471 e. The number of aromatic nitrogens is 4. The standard InChI is InChI=1S/C24H22F3N5O2/c1-16-22(17(2)32(29-16)14-18-7-6-8-19(13-18)24(25,26)27)28-23(33)21-11-12-31(30-21)15-34-20-9-4-3-5-10-20/h3-13H,14-15H2,1-2H3,(H,28,33). The summed E-state index contributed by atoms with van der Waals surface area (Å²) in [6.45, 7) is 3.75. The number of amides is 1. The minimum Gasteiger partial charge on any atom is -0.471 e. The normalized spacial score (nSPS) is 11.4. The fourth-order valence-corrected chi connectivity index (χ4v) is 3.44. The summed E-state index contributed by atoms with van der Waals surface area (Å²) in [5.74, 6) is 0.256. The van der Waals surface area contributed by atoms with Crippen LogP contribution in [0.2, 0.25) is 0 Å². The van der Waals surface area contributed by atoms with Crippen molar-refractivity contribution in [1.29, 1.82) is 0 Å². The number of hydrogen-bond acceptors (Lipinski definition) is 4. The Morgan fingerprint density at radius 1 is 1.03 bits per heavy atom. The van der Waals surface area contributed by atoms with Crippen molar-refractivity contribution >= 4 is 11.6 Å². The van der Waals surface area contributed by atoms with Gasteiger partial charge in [-0.15, -0.1) is 0 Å². The van der Waals surface area contributed by atoms with Gasteiger partial charge in [-0.25, -0.2) is 4.68 Å². The Kier molecular flexibility index (Phi) is 6.40. The van der Waals surface area contributed by atoms with Crippen molar-refractivity contribution in [3.63, 3.8) is 0 Å². The van der Waals surface area contributed by atoms with Crippen LogP contribution in [0.3, 0.4) is 0 Å². The smallest absolute Gasteiger partial charge is 0.416 e. The summed E-state index contributed by atoms with van der Waals surface area (Å²) in [5.41, 5.74) is 1.59. The van der Waals surface area contributed by atoms with Crippen LogP contribution in [0, 0.1) is 13.8 Å². The predicted octanol–water partition coefficient (Wildman–Crippen LogP) is 5.05. The molecule has 0 aliphatic carbocycles. The minimum atomic E-state index is -4.42. The van der Waals surface area contributed by atoms with Crippen molar-refractivity contribution in [2.45, 2.75) is 33.3 Å². The molecule has 0 radical (unpaired) electrons. The lowest BCUT2D eigenvalue weighted by Gasteiger charge is -2.10. The third-order valence-electron chi connectivity index (χ3n) is 5.19. The summed E-state index contributed by atoms with van der Waals surface area (Å²) in [6, 6.07) is 15.9. The lowest BCUT2D eigenvalue weighted by molar-refractivity contribution is -0.137. The topological polar surface area (TPSA) is 74.0 Å². The first-order valence-electron chi connectivity index (χ1n) is 10.4. The first-order valence-corrected chi connectivity index (χ1v) is 10.4. The van der Waals surface area contributed by atoms with Gasteiger partial charge in [0.25, 0.3) is 5.91 Å². The SMILES string of the molecule is Cc1nn(Cc2cccc(C(F)(F)F)c2)c(C)c1NC(=O)c1ccn(COc2ccccc2)n1. The van der Waals surface area contributed by atoms with Crippen molar-refractivity contribution in [3.8, 4) is 5.75 Å². The molecule has 1 amide bonds. The lowest BCUT2D eigenvalue weighted by atomic mass is 10.1. The molecule has 10 heteroatoms. The van der Waals surface area contributed by atoms with E-state index >= 15 is 0 Å². The fraction of sp³-hybridized carbons (Fsp3) is 0.208. The van der Waals surface area contributed by atoms with Crippen LogP contribution in [0.5, 0.6) is 5.75 Å². The second-order valence-electron chi connectivity index (χ2n) is 7.68. The van der Waals surface area contributed by atoms with Gasteiger partial charge in [0, 0.05) is 6.20 Å². The highest BCUT2D eigenvalue weighted by Crippen LogP contribution is 2.30. The summed E-state index contributed by atoms with van der Waals surface area (Å²) in [5, 5.41) is 11.4. The van der Waals surface area contributed by atoms with Crippen LogP contribution in [-0.2, 0) is 19.5 Å². The maximum Gasteiger partial charge on any atom is 0.416 e. The Labute approximate surface area is 193 Å². The van der Waals surface area contributed by atoms with Gasteiger partial charge in [0.15, 0.2) is 12.4 Å². The molecule has 0 saturated carbocycles. The Bertz CT molecular complexity index is 1300. The fourth-order valence-electron chi connectivity index (χ4n) is 3.44. The third kappa shape index (κ3) is 5.28. The van der Waals surface area contributed by atoms with Gasteiger partial charge in [-0.2, -0.15) is 23.4 Å².